The van der Waals surface area contributed by atoms with E-state index in [0.29, 0.717) is 6.54 Å². The molecule has 70 valence electrons. The van der Waals surface area contributed by atoms with Crippen LogP contribution in [0, 0.1) is 0 Å². The van der Waals surface area contributed by atoms with Crippen LogP contribution >= 0.6 is 0 Å². The van der Waals surface area contributed by atoms with Crippen LogP contribution in [-0.4, -0.2) is 72.6 Å². The van der Waals surface area contributed by atoms with Gasteiger partial charge in [0.05, 0.1) is 11.9 Å². The molecule has 1 atom stereocenters. The average molecular weight is 207 g/mol. The Morgan fingerprint density at radius 1 is 1.50 bits per heavy atom. The van der Waals surface area contributed by atoms with Crippen LogP contribution in [0.3, 0.4) is 0 Å². The summed E-state index contributed by atoms with van der Waals surface area (Å²) < 4.78 is 28.5. The van der Waals surface area contributed by atoms with E-state index in [2.05, 4.69) is 5.32 Å². The van der Waals surface area contributed by atoms with E-state index in [1.54, 1.807) is 6.92 Å². The number of rotatable bonds is 5. The Hall–Kier alpha value is 0.830. The molecule has 0 saturated carbocycles. The average Bonchev–Trinajstić information content (AvgIpc) is 1.78. The Morgan fingerprint density at radius 3 is 2.33 bits per heavy atom. The molecule has 0 bridgehead atoms. The fourth-order valence-corrected chi connectivity index (χ4v) is 0.914. The van der Waals surface area contributed by atoms with Crippen molar-refractivity contribution in [1.29, 1.82) is 0 Å². The summed E-state index contributed by atoms with van der Waals surface area (Å²) in [6, 6.07) is 0. The summed E-state index contributed by atoms with van der Waals surface area (Å²) in [6.07, 6.45) is -0.503. The third-order valence-electron chi connectivity index (χ3n) is 0.977. The summed E-state index contributed by atoms with van der Waals surface area (Å²) in [7, 11) is -3.87. The van der Waals surface area contributed by atoms with Gasteiger partial charge in [0.1, 0.15) is 0 Å². The van der Waals surface area contributed by atoms with Gasteiger partial charge >= 0.3 is 29.6 Å². The normalized spacial score (nSPS) is 13.6. The molecule has 0 heterocycles. The van der Waals surface area contributed by atoms with E-state index in [1.165, 1.54) is 0 Å². The predicted molar refractivity (Wildman–Crippen MR) is 48.1 cm³/mol. The van der Waals surface area contributed by atoms with Gasteiger partial charge in [-0.25, -0.2) is 0 Å². The van der Waals surface area contributed by atoms with Crippen molar-refractivity contribution in [3.8, 4) is 0 Å². The van der Waals surface area contributed by atoms with Crippen molar-refractivity contribution in [1.82, 2.24) is 5.32 Å². The van der Waals surface area contributed by atoms with Crippen molar-refractivity contribution in [2.45, 2.75) is 13.0 Å². The van der Waals surface area contributed by atoms with Crippen molar-refractivity contribution in [3.05, 3.63) is 0 Å². The molecule has 0 saturated heterocycles. The van der Waals surface area contributed by atoms with Crippen LogP contribution in [0.25, 0.3) is 0 Å². The third-order valence-corrected chi connectivity index (χ3v) is 1.70. The molecule has 0 radical (unpaired) electrons. The van der Waals surface area contributed by atoms with Crippen molar-refractivity contribution in [2.24, 2.45) is 0 Å². The first-order chi connectivity index (χ1) is 4.92. The first-order valence-corrected chi connectivity index (χ1v) is 4.86. The number of aliphatic hydroxyl groups excluding tert-OH is 1. The summed E-state index contributed by atoms with van der Waals surface area (Å²) in [5, 5.41) is 11.4. The summed E-state index contributed by atoms with van der Waals surface area (Å²) in [5.41, 5.74) is 0. The Kier molecular flexibility index (Phi) is 9.25. The van der Waals surface area contributed by atoms with Gasteiger partial charge in [-0.05, 0) is 6.92 Å². The van der Waals surface area contributed by atoms with E-state index in [-0.39, 0.29) is 41.9 Å². The Morgan fingerprint density at radius 2 is 2.00 bits per heavy atom. The van der Waals surface area contributed by atoms with Gasteiger partial charge in [0.15, 0.2) is 0 Å². The molecule has 0 spiro atoms. The molecular formula is C5H14NNaO4S. The quantitative estimate of drug-likeness (QED) is 0.281. The van der Waals surface area contributed by atoms with E-state index in [1.807, 2.05) is 0 Å². The fraction of sp³-hybridized carbons (Fsp3) is 1.00. The maximum absolute atomic E-state index is 10.1. The zero-order chi connectivity index (χ0) is 8.91. The third kappa shape index (κ3) is 13.4. The van der Waals surface area contributed by atoms with E-state index in [0.717, 1.165) is 0 Å². The molecule has 3 N–H and O–H groups in total. The van der Waals surface area contributed by atoms with Crippen LogP contribution < -0.4 is 5.32 Å². The van der Waals surface area contributed by atoms with Gasteiger partial charge in [0.25, 0.3) is 10.1 Å². The van der Waals surface area contributed by atoms with Crippen LogP contribution in [-0.2, 0) is 10.1 Å². The molecule has 0 fully saturated rings. The molecule has 0 aromatic heterocycles. The molecule has 5 nitrogen and oxygen atoms in total. The monoisotopic (exact) mass is 207 g/mol. The molecule has 0 rings (SSSR count). The topological polar surface area (TPSA) is 86.6 Å². The maximum atomic E-state index is 10.1. The molecule has 0 aliphatic carbocycles. The van der Waals surface area contributed by atoms with Crippen molar-refractivity contribution < 1.29 is 18.1 Å². The standard InChI is InChI=1S/C5H13NO4S.Na.H/c1-5(7)4-6-2-3-11(8,9)10;;/h5-7H,2-4H2,1H3,(H,8,9,10);;. The Balaban J connectivity index is 0. The zero-order valence-electron chi connectivity index (χ0n) is 6.32. The second-order valence-corrected chi connectivity index (χ2v) is 3.91. The van der Waals surface area contributed by atoms with Crippen LogP contribution in [0.15, 0.2) is 0 Å². The molecule has 0 aromatic rings. The van der Waals surface area contributed by atoms with E-state index < -0.39 is 16.2 Å². The van der Waals surface area contributed by atoms with Gasteiger partial charge in [0, 0.05) is 13.1 Å². The number of aliphatic hydroxyl groups is 1. The van der Waals surface area contributed by atoms with E-state index in [4.69, 9.17) is 9.66 Å². The molecule has 0 aromatic carbocycles. The first kappa shape index (κ1) is 15.3. The van der Waals surface area contributed by atoms with E-state index in [9.17, 15) is 8.42 Å². The minimum absolute atomic E-state index is 0. The van der Waals surface area contributed by atoms with Gasteiger partial charge in [-0.2, -0.15) is 8.42 Å². The molecule has 12 heavy (non-hydrogen) atoms. The Labute approximate surface area is 94.6 Å². The summed E-state index contributed by atoms with van der Waals surface area (Å²) in [4.78, 5) is 0. The molecular weight excluding hydrogens is 193 g/mol. The van der Waals surface area contributed by atoms with Gasteiger partial charge in [0.2, 0.25) is 0 Å². The summed E-state index contributed by atoms with van der Waals surface area (Å²) in [5.74, 6) is -0.320. The second-order valence-electron chi connectivity index (χ2n) is 2.34. The molecule has 0 aliphatic rings. The number of hydrogen-bond donors (Lipinski definition) is 3. The van der Waals surface area contributed by atoms with Crippen LogP contribution in [0.4, 0.5) is 0 Å². The van der Waals surface area contributed by atoms with Crippen molar-refractivity contribution in [2.75, 3.05) is 18.8 Å². The molecule has 0 aliphatic heterocycles. The predicted octanol–water partition coefficient (Wildman–Crippen LogP) is -1.80. The molecule has 0 amide bonds. The summed E-state index contributed by atoms with van der Waals surface area (Å²) in [6.45, 7) is 2.07. The minimum atomic E-state index is -3.87. The van der Waals surface area contributed by atoms with Crippen LogP contribution in [0.2, 0.25) is 0 Å². The van der Waals surface area contributed by atoms with Gasteiger partial charge in [-0.3, -0.25) is 4.55 Å². The van der Waals surface area contributed by atoms with Crippen molar-refractivity contribution in [3.63, 3.8) is 0 Å². The van der Waals surface area contributed by atoms with Gasteiger partial charge < -0.3 is 10.4 Å². The first-order valence-electron chi connectivity index (χ1n) is 3.26. The zero-order valence-corrected chi connectivity index (χ0v) is 7.13. The second kappa shape index (κ2) is 7.25. The Bertz CT molecular complexity index is 192. The SMILES string of the molecule is CC(O)CNCCS(=O)(=O)O.[NaH]. The van der Waals surface area contributed by atoms with E-state index >= 15 is 0 Å². The molecule has 1 unspecified atom stereocenters. The van der Waals surface area contributed by atoms with Gasteiger partial charge in [-0.1, -0.05) is 0 Å². The van der Waals surface area contributed by atoms with Gasteiger partial charge in [-0.15, -0.1) is 0 Å². The number of hydrogen-bond acceptors (Lipinski definition) is 4. The van der Waals surface area contributed by atoms with Crippen molar-refractivity contribution >= 4 is 39.7 Å². The fourth-order valence-electron chi connectivity index (χ4n) is 0.512. The van der Waals surface area contributed by atoms with Crippen LogP contribution in [0.5, 0.6) is 0 Å². The summed E-state index contributed by atoms with van der Waals surface area (Å²) >= 11 is 0. The molecule has 7 heteroatoms. The number of nitrogens with one attached hydrogen (secondary N) is 1. The van der Waals surface area contributed by atoms with Crippen LogP contribution in [0.1, 0.15) is 6.92 Å².